The van der Waals surface area contributed by atoms with E-state index in [1.807, 2.05) is 0 Å². The summed E-state index contributed by atoms with van der Waals surface area (Å²) in [6, 6.07) is 7.62. The van der Waals surface area contributed by atoms with Gasteiger partial charge in [-0.2, -0.15) is 0 Å². The van der Waals surface area contributed by atoms with E-state index in [2.05, 4.69) is 10.6 Å². The van der Waals surface area contributed by atoms with Crippen molar-refractivity contribution in [3.05, 3.63) is 59.7 Å². The standard InChI is InChI=1S/C19H21N3O6/c1-10(21-18(26)15(20)11-2-6-13(23)7-3-11)17(25)22-16(19(27)28)12-4-8-14(24)9-5-12/h2-10,15-16,23-24H,20H2,1H3,(H,21,26)(H,22,25)(H,27,28)/t10-,15+,16-/m0/s1. The molecule has 2 aromatic rings. The molecule has 28 heavy (non-hydrogen) atoms. The molecule has 0 fully saturated rings. The number of rotatable bonds is 7. The molecule has 0 saturated carbocycles. The summed E-state index contributed by atoms with van der Waals surface area (Å²) in [5.41, 5.74) is 6.55. The van der Waals surface area contributed by atoms with Gasteiger partial charge in [0.2, 0.25) is 11.8 Å². The summed E-state index contributed by atoms with van der Waals surface area (Å²) in [5.74, 6) is -2.66. The number of hydrogen-bond donors (Lipinski definition) is 6. The molecule has 7 N–H and O–H groups in total. The normalized spacial score (nSPS) is 13.8. The molecule has 0 unspecified atom stereocenters. The maximum Gasteiger partial charge on any atom is 0.330 e. The Morgan fingerprint density at radius 2 is 1.29 bits per heavy atom. The smallest absolute Gasteiger partial charge is 0.330 e. The molecule has 0 aromatic heterocycles. The molecule has 9 heteroatoms. The van der Waals surface area contributed by atoms with Crippen LogP contribution >= 0.6 is 0 Å². The minimum atomic E-state index is -1.35. The SMILES string of the molecule is C[C@H](NC(=O)[C@H](N)c1ccc(O)cc1)C(=O)N[C@H](C(=O)O)c1ccc(O)cc1. The zero-order valence-corrected chi connectivity index (χ0v) is 15.0. The molecule has 0 heterocycles. The molecule has 0 bridgehead atoms. The lowest BCUT2D eigenvalue weighted by molar-refractivity contribution is -0.142. The summed E-state index contributed by atoms with van der Waals surface area (Å²) >= 11 is 0. The van der Waals surface area contributed by atoms with Crippen LogP contribution in [0.1, 0.15) is 30.1 Å². The third kappa shape index (κ3) is 5.21. The number of phenolic OH excluding ortho intramolecular Hbond substituents is 2. The Balaban J connectivity index is 2.02. The van der Waals surface area contributed by atoms with Gasteiger partial charge in [-0.15, -0.1) is 0 Å². The number of carboxylic acids is 1. The fourth-order valence-corrected chi connectivity index (χ4v) is 2.42. The monoisotopic (exact) mass is 387 g/mol. The van der Waals surface area contributed by atoms with Gasteiger partial charge < -0.3 is 31.7 Å². The van der Waals surface area contributed by atoms with Crippen molar-refractivity contribution in [1.29, 1.82) is 0 Å². The maximum atomic E-state index is 12.3. The number of carbonyl (C=O) groups is 3. The van der Waals surface area contributed by atoms with Crippen molar-refractivity contribution in [2.75, 3.05) is 0 Å². The first-order chi connectivity index (χ1) is 13.2. The van der Waals surface area contributed by atoms with E-state index in [-0.39, 0.29) is 17.1 Å². The quantitative estimate of drug-likeness (QED) is 0.404. The van der Waals surface area contributed by atoms with Crippen LogP contribution in [-0.2, 0) is 14.4 Å². The highest BCUT2D eigenvalue weighted by Gasteiger charge is 2.26. The first kappa shape index (κ1) is 20.7. The lowest BCUT2D eigenvalue weighted by Crippen LogP contribution is -2.49. The van der Waals surface area contributed by atoms with E-state index in [9.17, 15) is 29.7 Å². The minimum absolute atomic E-state index is 0.0260. The van der Waals surface area contributed by atoms with Gasteiger partial charge in [-0.25, -0.2) is 4.79 Å². The fraction of sp³-hybridized carbons (Fsp3) is 0.211. The number of aliphatic carboxylic acids is 1. The zero-order chi connectivity index (χ0) is 20.8. The Kier molecular flexibility index (Phi) is 6.56. The lowest BCUT2D eigenvalue weighted by atomic mass is 10.1. The Morgan fingerprint density at radius 3 is 1.75 bits per heavy atom. The van der Waals surface area contributed by atoms with E-state index in [0.717, 1.165) is 0 Å². The summed E-state index contributed by atoms with van der Waals surface area (Å²) in [4.78, 5) is 36.1. The molecule has 2 rings (SSSR count). The lowest BCUT2D eigenvalue weighted by Gasteiger charge is -2.20. The van der Waals surface area contributed by atoms with Gasteiger partial charge in [0.05, 0.1) is 0 Å². The summed E-state index contributed by atoms with van der Waals surface area (Å²) in [6.07, 6.45) is 0. The van der Waals surface area contributed by atoms with Gasteiger partial charge in [0.1, 0.15) is 23.6 Å². The Hall–Kier alpha value is -3.59. The van der Waals surface area contributed by atoms with Crippen molar-refractivity contribution in [2.45, 2.75) is 25.0 Å². The number of benzene rings is 2. The highest BCUT2D eigenvalue weighted by Crippen LogP contribution is 2.18. The van der Waals surface area contributed by atoms with Gasteiger partial charge in [0.15, 0.2) is 6.04 Å². The highest BCUT2D eigenvalue weighted by molar-refractivity contribution is 5.92. The molecule has 0 radical (unpaired) electrons. The number of hydrogen-bond acceptors (Lipinski definition) is 6. The number of nitrogens with two attached hydrogens (primary N) is 1. The molecule has 0 aliphatic rings. The van der Waals surface area contributed by atoms with Crippen molar-refractivity contribution < 1.29 is 29.7 Å². The van der Waals surface area contributed by atoms with Crippen LogP contribution in [0.5, 0.6) is 11.5 Å². The molecule has 3 atom stereocenters. The fourth-order valence-electron chi connectivity index (χ4n) is 2.42. The third-order valence-corrected chi connectivity index (χ3v) is 4.05. The third-order valence-electron chi connectivity index (χ3n) is 4.05. The average Bonchev–Trinajstić information content (AvgIpc) is 2.66. The molecule has 148 valence electrons. The van der Waals surface area contributed by atoms with Gasteiger partial charge in [-0.1, -0.05) is 24.3 Å². The topological polar surface area (TPSA) is 162 Å². The van der Waals surface area contributed by atoms with Crippen molar-refractivity contribution >= 4 is 17.8 Å². The Labute approximate surface area is 160 Å². The molecular weight excluding hydrogens is 366 g/mol. The summed E-state index contributed by atoms with van der Waals surface area (Å²) in [7, 11) is 0. The average molecular weight is 387 g/mol. The number of amides is 2. The summed E-state index contributed by atoms with van der Waals surface area (Å²) < 4.78 is 0. The molecule has 2 amide bonds. The first-order valence-electron chi connectivity index (χ1n) is 8.36. The van der Waals surface area contributed by atoms with Crippen LogP contribution in [0.2, 0.25) is 0 Å². The van der Waals surface area contributed by atoms with Crippen molar-refractivity contribution in [2.24, 2.45) is 5.73 Å². The minimum Gasteiger partial charge on any atom is -0.508 e. The zero-order valence-electron chi connectivity index (χ0n) is 15.0. The van der Waals surface area contributed by atoms with Crippen LogP contribution < -0.4 is 16.4 Å². The molecule has 0 spiro atoms. The molecule has 2 aromatic carbocycles. The van der Waals surface area contributed by atoms with Crippen molar-refractivity contribution in [3.63, 3.8) is 0 Å². The van der Waals surface area contributed by atoms with Gasteiger partial charge in [0, 0.05) is 0 Å². The van der Waals surface area contributed by atoms with E-state index in [0.29, 0.717) is 5.56 Å². The van der Waals surface area contributed by atoms with Crippen LogP contribution in [0.25, 0.3) is 0 Å². The number of phenols is 2. The van der Waals surface area contributed by atoms with Gasteiger partial charge in [-0.3, -0.25) is 9.59 Å². The van der Waals surface area contributed by atoms with E-state index >= 15 is 0 Å². The van der Waals surface area contributed by atoms with Crippen LogP contribution in [0.4, 0.5) is 0 Å². The second-order valence-electron chi connectivity index (χ2n) is 6.17. The van der Waals surface area contributed by atoms with Crippen LogP contribution in [0.3, 0.4) is 0 Å². The van der Waals surface area contributed by atoms with Crippen LogP contribution in [-0.4, -0.2) is 39.1 Å². The van der Waals surface area contributed by atoms with E-state index in [1.54, 1.807) is 0 Å². The molecule has 0 aliphatic carbocycles. The van der Waals surface area contributed by atoms with Crippen molar-refractivity contribution in [3.8, 4) is 11.5 Å². The van der Waals surface area contributed by atoms with Gasteiger partial charge in [0.25, 0.3) is 0 Å². The summed E-state index contributed by atoms with van der Waals surface area (Å²) in [5, 5.41) is 32.7. The first-order valence-corrected chi connectivity index (χ1v) is 8.36. The number of carbonyl (C=O) groups excluding carboxylic acids is 2. The maximum absolute atomic E-state index is 12.3. The second-order valence-corrected chi connectivity index (χ2v) is 6.17. The number of aromatic hydroxyl groups is 2. The highest BCUT2D eigenvalue weighted by atomic mass is 16.4. The largest absolute Gasteiger partial charge is 0.508 e. The van der Waals surface area contributed by atoms with E-state index in [1.165, 1.54) is 55.5 Å². The van der Waals surface area contributed by atoms with E-state index < -0.39 is 35.9 Å². The van der Waals surface area contributed by atoms with Gasteiger partial charge >= 0.3 is 5.97 Å². The molecular formula is C19H21N3O6. The molecule has 9 nitrogen and oxygen atoms in total. The van der Waals surface area contributed by atoms with E-state index in [4.69, 9.17) is 5.73 Å². The van der Waals surface area contributed by atoms with Crippen molar-refractivity contribution in [1.82, 2.24) is 10.6 Å². The molecule has 0 saturated heterocycles. The Morgan fingerprint density at radius 1 is 0.821 bits per heavy atom. The van der Waals surface area contributed by atoms with Crippen LogP contribution in [0, 0.1) is 0 Å². The van der Waals surface area contributed by atoms with Crippen LogP contribution in [0.15, 0.2) is 48.5 Å². The number of nitrogens with one attached hydrogen (secondary N) is 2. The number of carboxylic acid groups (broad SMARTS) is 1. The van der Waals surface area contributed by atoms with Gasteiger partial charge in [-0.05, 0) is 42.3 Å². The second kappa shape index (κ2) is 8.87. The summed E-state index contributed by atoms with van der Waals surface area (Å²) in [6.45, 7) is 1.40. The predicted octanol–water partition coefficient (Wildman–Crippen LogP) is 0.544. The predicted molar refractivity (Wildman–Crippen MR) is 99.3 cm³/mol. The Bertz CT molecular complexity index is 851. The molecule has 0 aliphatic heterocycles.